The number of halogens is 7. The molecule has 1 aromatic carbocycles. The number of alkyl halides is 6. The average Bonchev–Trinajstić information content (AvgIpc) is 3.05. The van der Waals surface area contributed by atoms with Crippen molar-refractivity contribution in [3.8, 4) is 10.6 Å². The summed E-state index contributed by atoms with van der Waals surface area (Å²) >= 11 is 5.88. The van der Waals surface area contributed by atoms with Crippen molar-refractivity contribution >= 4 is 39.3 Å². The zero-order valence-electron chi connectivity index (χ0n) is 14.1. The average molecular weight is 462 g/mol. The Morgan fingerprint density at radius 2 is 1.69 bits per heavy atom. The lowest BCUT2D eigenvalue weighted by Crippen LogP contribution is -2.69. The molecule has 2 rings (SSSR count). The molecule has 15 heteroatoms. The van der Waals surface area contributed by atoms with Crippen LogP contribution in [0.5, 0.6) is 0 Å². The SMILES string of the molecule is CC(Cl)=NOC(NC(=O)Nc1nnc(-c2ccccc2)s1)(C(F)(F)F)C(F)(F)F. The minimum Gasteiger partial charge on any atom is -0.346 e. The van der Waals surface area contributed by atoms with Gasteiger partial charge in [-0.25, -0.2) is 4.79 Å². The van der Waals surface area contributed by atoms with E-state index in [1.54, 1.807) is 35.6 Å². The number of urea groups is 1. The zero-order valence-corrected chi connectivity index (χ0v) is 15.7. The van der Waals surface area contributed by atoms with E-state index in [2.05, 4.69) is 20.2 Å². The first kappa shape index (κ1) is 22.7. The Balaban J connectivity index is 2.26. The smallest absolute Gasteiger partial charge is 0.346 e. The van der Waals surface area contributed by atoms with Gasteiger partial charge < -0.3 is 4.84 Å². The van der Waals surface area contributed by atoms with Gasteiger partial charge in [0.2, 0.25) is 5.13 Å². The number of rotatable bonds is 5. The lowest BCUT2D eigenvalue weighted by atomic mass is 10.2. The second kappa shape index (κ2) is 8.41. The second-order valence-electron chi connectivity index (χ2n) is 5.21. The molecule has 0 unspecified atom stereocenters. The number of hydrogen-bond acceptors (Lipinski definition) is 6. The maximum absolute atomic E-state index is 13.2. The van der Waals surface area contributed by atoms with Crippen molar-refractivity contribution in [3.63, 3.8) is 0 Å². The van der Waals surface area contributed by atoms with E-state index in [1.165, 1.54) is 0 Å². The van der Waals surface area contributed by atoms with E-state index in [4.69, 9.17) is 11.6 Å². The molecule has 29 heavy (non-hydrogen) atoms. The third-order valence-corrected chi connectivity index (χ3v) is 4.02. The number of carbonyl (C=O) groups is 1. The maximum atomic E-state index is 13.2. The van der Waals surface area contributed by atoms with Crippen LogP contribution < -0.4 is 10.6 Å². The predicted molar refractivity (Wildman–Crippen MR) is 92.4 cm³/mol. The van der Waals surface area contributed by atoms with E-state index >= 15 is 0 Å². The van der Waals surface area contributed by atoms with Crippen LogP contribution in [0.2, 0.25) is 0 Å². The molecule has 0 spiro atoms. The Hall–Kier alpha value is -2.61. The van der Waals surface area contributed by atoms with Crippen LogP contribution in [0.3, 0.4) is 0 Å². The number of oxime groups is 1. The number of benzene rings is 1. The van der Waals surface area contributed by atoms with Crippen molar-refractivity contribution in [1.82, 2.24) is 15.5 Å². The number of nitrogens with zero attached hydrogens (tertiary/aromatic N) is 3. The van der Waals surface area contributed by atoms with Crippen LogP contribution in [0.25, 0.3) is 10.6 Å². The normalized spacial score (nSPS) is 13.2. The third-order valence-electron chi connectivity index (χ3n) is 3.06. The van der Waals surface area contributed by atoms with Gasteiger partial charge in [0, 0.05) is 5.56 Å². The highest BCUT2D eigenvalue weighted by atomic mass is 35.5. The first-order valence-electron chi connectivity index (χ1n) is 7.35. The van der Waals surface area contributed by atoms with E-state index < -0.39 is 29.3 Å². The van der Waals surface area contributed by atoms with Gasteiger partial charge in [-0.2, -0.15) is 26.3 Å². The van der Waals surface area contributed by atoms with Crippen LogP contribution in [0, 0.1) is 0 Å². The van der Waals surface area contributed by atoms with Crippen molar-refractivity contribution in [1.29, 1.82) is 0 Å². The molecule has 0 aliphatic rings. The summed E-state index contributed by atoms with van der Waals surface area (Å²) in [6, 6.07) is 6.45. The summed E-state index contributed by atoms with van der Waals surface area (Å²) in [5.74, 6) is 0. The number of nitrogens with one attached hydrogen (secondary N) is 2. The number of anilines is 1. The highest BCUT2D eigenvalue weighted by Crippen LogP contribution is 2.44. The fraction of sp³-hybridized carbons (Fsp3) is 0.286. The van der Waals surface area contributed by atoms with Crippen LogP contribution in [-0.2, 0) is 4.84 Å². The van der Waals surface area contributed by atoms with Gasteiger partial charge in [-0.05, 0) is 6.92 Å². The minimum absolute atomic E-state index is 0.275. The lowest BCUT2D eigenvalue weighted by molar-refractivity contribution is -0.388. The Morgan fingerprint density at radius 3 is 2.21 bits per heavy atom. The first-order valence-corrected chi connectivity index (χ1v) is 8.55. The molecule has 1 heterocycles. The molecule has 158 valence electrons. The summed E-state index contributed by atoms with van der Waals surface area (Å²) in [7, 11) is 0. The van der Waals surface area contributed by atoms with Crippen LogP contribution in [0.1, 0.15) is 6.92 Å². The molecule has 0 fully saturated rings. The van der Waals surface area contributed by atoms with Gasteiger partial charge in [0.1, 0.15) is 10.2 Å². The zero-order chi connectivity index (χ0) is 21.9. The molecular formula is C14H10ClF6N5O2S. The van der Waals surface area contributed by atoms with Gasteiger partial charge in [-0.15, -0.1) is 10.2 Å². The van der Waals surface area contributed by atoms with Crippen molar-refractivity contribution in [3.05, 3.63) is 30.3 Å². The monoisotopic (exact) mass is 461 g/mol. The van der Waals surface area contributed by atoms with Gasteiger partial charge in [-0.1, -0.05) is 58.4 Å². The summed E-state index contributed by atoms with van der Waals surface area (Å²) in [5, 5.41) is 11.3. The first-order chi connectivity index (χ1) is 13.4. The van der Waals surface area contributed by atoms with Crippen molar-refractivity contribution in [2.45, 2.75) is 25.0 Å². The van der Waals surface area contributed by atoms with Gasteiger partial charge in [0.15, 0.2) is 0 Å². The topological polar surface area (TPSA) is 88.5 Å². The predicted octanol–water partition coefficient (Wildman–Crippen LogP) is 4.74. The molecule has 2 N–H and O–H groups in total. The molecule has 1 aromatic heterocycles. The number of amides is 2. The summed E-state index contributed by atoms with van der Waals surface area (Å²) in [6.45, 7) is 0.880. The van der Waals surface area contributed by atoms with Gasteiger partial charge in [-0.3, -0.25) is 10.6 Å². The summed E-state index contributed by atoms with van der Waals surface area (Å²) < 4.78 is 79.3. The Morgan fingerprint density at radius 1 is 1.10 bits per heavy atom. The number of carbonyl (C=O) groups excluding carboxylic acids is 1. The fourth-order valence-electron chi connectivity index (χ4n) is 1.82. The standard InChI is InChI=1S/C14H10ClF6N5O2S/c1-7(15)26-28-12(13(16,17)18,14(19,20)21)23-10(27)22-11-25-24-9(29-11)8-5-3-2-4-6-8/h2-6H,1H3,(H2,22,23,25,27). The molecule has 0 aliphatic carbocycles. The summed E-state index contributed by atoms with van der Waals surface area (Å²) in [4.78, 5) is 15.5. The van der Waals surface area contributed by atoms with E-state index in [1.807, 2.05) is 0 Å². The van der Waals surface area contributed by atoms with E-state index in [-0.39, 0.29) is 10.1 Å². The molecule has 0 bridgehead atoms. The number of hydrogen-bond donors (Lipinski definition) is 2. The van der Waals surface area contributed by atoms with E-state index in [0.717, 1.165) is 18.3 Å². The highest BCUT2D eigenvalue weighted by molar-refractivity contribution is 7.18. The molecule has 0 saturated carbocycles. The van der Waals surface area contributed by atoms with Gasteiger partial charge in [0.25, 0.3) is 0 Å². The fourth-order valence-corrected chi connectivity index (χ4v) is 2.60. The Labute approximate surface area is 167 Å². The molecule has 0 aliphatic heterocycles. The highest BCUT2D eigenvalue weighted by Gasteiger charge is 2.76. The van der Waals surface area contributed by atoms with E-state index in [0.29, 0.717) is 10.9 Å². The largest absolute Gasteiger partial charge is 0.461 e. The lowest BCUT2D eigenvalue weighted by Gasteiger charge is -2.34. The van der Waals surface area contributed by atoms with Crippen molar-refractivity contribution in [2.24, 2.45) is 5.16 Å². The van der Waals surface area contributed by atoms with Crippen molar-refractivity contribution in [2.75, 3.05) is 5.32 Å². The van der Waals surface area contributed by atoms with Crippen LogP contribution in [-0.4, -0.2) is 39.5 Å². The molecule has 0 radical (unpaired) electrons. The van der Waals surface area contributed by atoms with Crippen LogP contribution in [0.4, 0.5) is 36.3 Å². The molecule has 0 atom stereocenters. The molecule has 0 saturated heterocycles. The quantitative estimate of drug-likeness (QED) is 0.291. The summed E-state index contributed by atoms with van der Waals surface area (Å²) in [6.07, 6.45) is -12.3. The Bertz CT molecular complexity index is 869. The maximum Gasteiger partial charge on any atom is 0.461 e. The molecule has 2 amide bonds. The van der Waals surface area contributed by atoms with Gasteiger partial charge in [0.05, 0.1) is 0 Å². The molecule has 2 aromatic rings. The van der Waals surface area contributed by atoms with Crippen LogP contribution >= 0.6 is 22.9 Å². The number of aromatic nitrogens is 2. The van der Waals surface area contributed by atoms with E-state index in [9.17, 15) is 31.1 Å². The third kappa shape index (κ3) is 5.26. The molecule has 7 nitrogen and oxygen atoms in total. The second-order valence-corrected chi connectivity index (χ2v) is 6.74. The van der Waals surface area contributed by atoms with Crippen molar-refractivity contribution < 1.29 is 36.0 Å². The minimum atomic E-state index is -6.13. The summed E-state index contributed by atoms with van der Waals surface area (Å²) in [5.41, 5.74) is -4.57. The molecular weight excluding hydrogens is 452 g/mol. The van der Waals surface area contributed by atoms with Gasteiger partial charge >= 0.3 is 24.1 Å². The Kier molecular flexibility index (Phi) is 6.57. The van der Waals surface area contributed by atoms with Crippen LogP contribution in [0.15, 0.2) is 35.5 Å².